The largest absolute Gasteiger partial charge is 0.508 e. The zero-order chi connectivity index (χ0) is 20.3. The van der Waals surface area contributed by atoms with E-state index in [1.165, 1.54) is 23.1 Å². The highest BCUT2D eigenvalue weighted by atomic mass is 16.5. The molecule has 0 aliphatic carbocycles. The molecule has 0 saturated heterocycles. The average Bonchev–Trinajstić information content (AvgIpc) is 3.06. The van der Waals surface area contributed by atoms with Crippen LogP contribution < -0.4 is 5.32 Å². The minimum Gasteiger partial charge on any atom is -0.508 e. The number of hydrogen-bond acceptors (Lipinski definition) is 8. The molecular formula is C19H20N4O5. The Morgan fingerprint density at radius 1 is 1.18 bits per heavy atom. The van der Waals surface area contributed by atoms with Gasteiger partial charge in [-0.2, -0.15) is 5.10 Å². The molecule has 0 amide bonds. The summed E-state index contributed by atoms with van der Waals surface area (Å²) < 4.78 is 11.5. The number of nitrogens with one attached hydrogen (secondary N) is 1. The van der Waals surface area contributed by atoms with Gasteiger partial charge < -0.3 is 19.9 Å². The number of anilines is 2. The monoisotopic (exact) mass is 384 g/mol. The van der Waals surface area contributed by atoms with Crippen LogP contribution >= 0.6 is 0 Å². The standard InChI is InChI=1S/C19H20N4O5/c1-4-27-18(25)13-9-23-16(15(13)19(26)28-5-2)17(20-10-21-23)22-12-7-6-11(3)14(24)8-12/h6-10,24H,4-5H2,1-3H3,(H,20,21,22). The number of aromatic hydroxyl groups is 1. The van der Waals surface area contributed by atoms with Gasteiger partial charge in [-0.15, -0.1) is 0 Å². The maximum Gasteiger partial charge on any atom is 0.341 e. The van der Waals surface area contributed by atoms with Gasteiger partial charge >= 0.3 is 11.9 Å². The van der Waals surface area contributed by atoms with Crippen molar-refractivity contribution in [3.05, 3.63) is 47.4 Å². The number of hydrogen-bond donors (Lipinski definition) is 2. The molecule has 2 heterocycles. The number of aromatic nitrogens is 3. The predicted molar refractivity (Wildman–Crippen MR) is 101 cm³/mol. The third-order valence-corrected chi connectivity index (χ3v) is 4.02. The van der Waals surface area contributed by atoms with E-state index in [1.54, 1.807) is 32.9 Å². The molecule has 2 aromatic heterocycles. The highest BCUT2D eigenvalue weighted by Gasteiger charge is 2.27. The fourth-order valence-corrected chi connectivity index (χ4v) is 2.70. The number of rotatable bonds is 6. The van der Waals surface area contributed by atoms with Crippen LogP contribution in [0, 0.1) is 6.92 Å². The fourth-order valence-electron chi connectivity index (χ4n) is 2.70. The van der Waals surface area contributed by atoms with Gasteiger partial charge in [0.2, 0.25) is 0 Å². The zero-order valence-electron chi connectivity index (χ0n) is 15.7. The number of ether oxygens (including phenoxy) is 2. The molecule has 0 spiro atoms. The molecule has 0 radical (unpaired) electrons. The number of esters is 2. The third kappa shape index (κ3) is 3.59. The van der Waals surface area contributed by atoms with Crippen LogP contribution in [-0.2, 0) is 9.47 Å². The average molecular weight is 384 g/mol. The number of phenolic OH excluding ortho intramolecular Hbond substituents is 1. The first-order valence-electron chi connectivity index (χ1n) is 8.73. The molecule has 0 aliphatic rings. The minimum absolute atomic E-state index is 0.0136. The summed E-state index contributed by atoms with van der Waals surface area (Å²) in [5.74, 6) is -0.951. The fraction of sp³-hybridized carbons (Fsp3) is 0.263. The molecule has 9 nitrogen and oxygen atoms in total. The summed E-state index contributed by atoms with van der Waals surface area (Å²) >= 11 is 0. The van der Waals surface area contributed by atoms with E-state index in [-0.39, 0.29) is 41.4 Å². The molecule has 0 fully saturated rings. The molecule has 1 aromatic carbocycles. The molecule has 3 rings (SSSR count). The second-order valence-corrected chi connectivity index (χ2v) is 5.89. The van der Waals surface area contributed by atoms with E-state index in [2.05, 4.69) is 15.4 Å². The summed E-state index contributed by atoms with van der Waals surface area (Å²) in [7, 11) is 0. The van der Waals surface area contributed by atoms with Gasteiger partial charge in [0.15, 0.2) is 5.82 Å². The Bertz CT molecular complexity index is 1040. The van der Waals surface area contributed by atoms with Crippen LogP contribution in [0.25, 0.3) is 5.52 Å². The lowest BCUT2D eigenvalue weighted by molar-refractivity contribution is 0.0482. The highest BCUT2D eigenvalue weighted by molar-refractivity contribution is 6.10. The van der Waals surface area contributed by atoms with Gasteiger partial charge in [0.25, 0.3) is 0 Å². The molecule has 0 aliphatic heterocycles. The highest BCUT2D eigenvalue weighted by Crippen LogP contribution is 2.29. The lowest BCUT2D eigenvalue weighted by atomic mass is 10.1. The Kier molecular flexibility index (Phi) is 5.44. The Labute approximate surface area is 160 Å². The SMILES string of the molecule is CCOC(=O)c1cn2ncnc(Nc3ccc(C)c(O)c3)c2c1C(=O)OCC. The Morgan fingerprint density at radius 3 is 2.57 bits per heavy atom. The summed E-state index contributed by atoms with van der Waals surface area (Å²) in [4.78, 5) is 29.1. The van der Waals surface area contributed by atoms with E-state index in [9.17, 15) is 14.7 Å². The van der Waals surface area contributed by atoms with E-state index < -0.39 is 11.9 Å². The summed E-state index contributed by atoms with van der Waals surface area (Å²) in [6.45, 7) is 5.42. The van der Waals surface area contributed by atoms with Crippen molar-refractivity contribution < 1.29 is 24.2 Å². The molecule has 2 N–H and O–H groups in total. The smallest absolute Gasteiger partial charge is 0.341 e. The van der Waals surface area contributed by atoms with Gasteiger partial charge in [0.1, 0.15) is 23.2 Å². The summed E-state index contributed by atoms with van der Waals surface area (Å²) in [5.41, 5.74) is 1.59. The van der Waals surface area contributed by atoms with E-state index >= 15 is 0 Å². The zero-order valence-corrected chi connectivity index (χ0v) is 15.7. The lowest BCUT2D eigenvalue weighted by Gasteiger charge is -2.10. The lowest BCUT2D eigenvalue weighted by Crippen LogP contribution is -2.13. The molecule has 9 heteroatoms. The van der Waals surface area contributed by atoms with Crippen LogP contribution in [-0.4, -0.2) is 44.9 Å². The molecule has 3 aromatic rings. The first kappa shape index (κ1) is 19.2. The number of carbonyl (C=O) groups excluding carboxylic acids is 2. The summed E-state index contributed by atoms with van der Waals surface area (Å²) in [6, 6.07) is 5.03. The second kappa shape index (κ2) is 7.95. The van der Waals surface area contributed by atoms with Crippen LogP contribution in [0.15, 0.2) is 30.7 Å². The Morgan fingerprint density at radius 2 is 1.89 bits per heavy atom. The summed E-state index contributed by atoms with van der Waals surface area (Å²) in [6.07, 6.45) is 2.69. The maximum absolute atomic E-state index is 12.6. The van der Waals surface area contributed by atoms with Crippen molar-refractivity contribution >= 4 is 29.0 Å². The van der Waals surface area contributed by atoms with Crippen molar-refractivity contribution in [1.82, 2.24) is 14.6 Å². The van der Waals surface area contributed by atoms with Crippen molar-refractivity contribution in [2.75, 3.05) is 18.5 Å². The van der Waals surface area contributed by atoms with Crippen molar-refractivity contribution in [2.24, 2.45) is 0 Å². The maximum atomic E-state index is 12.6. The molecule has 0 saturated carbocycles. The molecule has 0 bridgehead atoms. The van der Waals surface area contributed by atoms with E-state index in [0.717, 1.165) is 5.56 Å². The number of fused-ring (bicyclic) bond motifs is 1. The van der Waals surface area contributed by atoms with E-state index in [1.807, 2.05) is 0 Å². The molecular weight excluding hydrogens is 364 g/mol. The van der Waals surface area contributed by atoms with Crippen molar-refractivity contribution in [1.29, 1.82) is 0 Å². The van der Waals surface area contributed by atoms with Crippen molar-refractivity contribution in [3.8, 4) is 5.75 Å². The van der Waals surface area contributed by atoms with Crippen LogP contribution in [0.4, 0.5) is 11.5 Å². The number of nitrogens with zero attached hydrogens (tertiary/aromatic N) is 3. The van der Waals surface area contributed by atoms with Crippen LogP contribution in [0.2, 0.25) is 0 Å². The Hall–Kier alpha value is -3.62. The quantitative estimate of drug-likeness (QED) is 0.624. The number of aryl methyl sites for hydroxylation is 1. The molecule has 0 atom stereocenters. The first-order chi connectivity index (χ1) is 13.5. The third-order valence-electron chi connectivity index (χ3n) is 4.02. The second-order valence-electron chi connectivity index (χ2n) is 5.89. The number of benzene rings is 1. The van der Waals surface area contributed by atoms with Crippen LogP contribution in [0.3, 0.4) is 0 Å². The molecule has 0 unspecified atom stereocenters. The van der Waals surface area contributed by atoms with E-state index in [0.29, 0.717) is 5.69 Å². The van der Waals surface area contributed by atoms with Gasteiger partial charge in [0.05, 0.1) is 18.8 Å². The minimum atomic E-state index is -0.683. The van der Waals surface area contributed by atoms with Gasteiger partial charge in [-0.3, -0.25) is 0 Å². The van der Waals surface area contributed by atoms with Gasteiger partial charge in [-0.05, 0) is 32.4 Å². The summed E-state index contributed by atoms with van der Waals surface area (Å²) in [5, 5.41) is 17.1. The molecule has 146 valence electrons. The van der Waals surface area contributed by atoms with Crippen molar-refractivity contribution in [3.63, 3.8) is 0 Å². The first-order valence-corrected chi connectivity index (χ1v) is 8.73. The topological polar surface area (TPSA) is 115 Å². The van der Waals surface area contributed by atoms with Gasteiger partial charge in [-0.25, -0.2) is 19.1 Å². The predicted octanol–water partition coefficient (Wildman–Crippen LogP) is 2.84. The number of carbonyl (C=O) groups is 2. The van der Waals surface area contributed by atoms with E-state index in [4.69, 9.17) is 9.47 Å². The van der Waals surface area contributed by atoms with Crippen LogP contribution in [0.1, 0.15) is 40.1 Å². The van der Waals surface area contributed by atoms with Crippen molar-refractivity contribution in [2.45, 2.75) is 20.8 Å². The van der Waals surface area contributed by atoms with Crippen LogP contribution in [0.5, 0.6) is 5.75 Å². The Balaban J connectivity index is 2.16. The van der Waals surface area contributed by atoms with Gasteiger partial charge in [-0.1, -0.05) is 6.07 Å². The molecule has 28 heavy (non-hydrogen) atoms. The number of phenols is 1. The van der Waals surface area contributed by atoms with Gasteiger partial charge in [0, 0.05) is 18.0 Å². The normalized spacial score (nSPS) is 10.7.